The van der Waals surface area contributed by atoms with Gasteiger partial charge >= 0.3 is 0 Å². The molecule has 0 saturated carbocycles. The average molecular weight is 220 g/mol. The van der Waals surface area contributed by atoms with Crippen LogP contribution in [0, 0.1) is 0 Å². The molecule has 0 unspecified atom stereocenters. The fourth-order valence-corrected chi connectivity index (χ4v) is 5.06. The molecule has 0 N–H and O–H groups in total. The van der Waals surface area contributed by atoms with Crippen LogP contribution in [0.15, 0.2) is 0 Å². The van der Waals surface area contributed by atoms with Crippen LogP contribution < -0.4 is 0 Å². The normalized spacial score (nSPS) is 14.8. The second-order valence-corrected chi connectivity index (χ2v) is 14.5. The highest BCUT2D eigenvalue weighted by Gasteiger charge is 2.43. The Morgan fingerprint density at radius 3 is 1.54 bits per heavy atom. The van der Waals surface area contributed by atoms with Gasteiger partial charge in [-0.05, 0) is 46.6 Å². The van der Waals surface area contributed by atoms with E-state index in [0.717, 1.165) is 0 Å². The van der Waals surface area contributed by atoms with Crippen molar-refractivity contribution >= 4 is 16.6 Å². The Labute approximate surface area is 84.9 Å². The molecule has 0 fully saturated rings. The van der Waals surface area contributed by atoms with Gasteiger partial charge in [-0.15, -0.1) is 0 Å². The molecule has 4 heteroatoms. The first-order chi connectivity index (χ1) is 5.52. The van der Waals surface area contributed by atoms with Crippen LogP contribution in [-0.4, -0.2) is 29.0 Å². The molecular formula is C9H24O2Si2. The van der Waals surface area contributed by atoms with Gasteiger partial charge in [0.1, 0.15) is 0 Å². The molecule has 0 radical (unpaired) electrons. The minimum atomic E-state index is -1.70. The van der Waals surface area contributed by atoms with Crippen molar-refractivity contribution in [3.05, 3.63) is 0 Å². The smallest absolute Gasteiger partial charge is 0.215 e. The van der Waals surface area contributed by atoms with Crippen molar-refractivity contribution in [3.8, 4) is 0 Å². The van der Waals surface area contributed by atoms with Crippen LogP contribution >= 0.6 is 0 Å². The van der Waals surface area contributed by atoms with Gasteiger partial charge in [-0.2, -0.15) is 0 Å². The lowest BCUT2D eigenvalue weighted by molar-refractivity contribution is 0.148. The van der Waals surface area contributed by atoms with Crippen molar-refractivity contribution in [2.24, 2.45) is 0 Å². The second-order valence-electron chi connectivity index (χ2n) is 5.44. The summed E-state index contributed by atoms with van der Waals surface area (Å²) in [4.78, 5) is 0. The maximum Gasteiger partial charge on any atom is 0.215 e. The molecule has 0 aliphatic carbocycles. The molecule has 0 amide bonds. The average Bonchev–Trinajstić information content (AvgIpc) is 1.81. The van der Waals surface area contributed by atoms with Crippen LogP contribution in [-0.2, 0) is 8.85 Å². The number of rotatable bonds is 4. The number of hydrogen-bond acceptors (Lipinski definition) is 2. The van der Waals surface area contributed by atoms with E-state index in [-0.39, 0.29) is 5.22 Å². The molecule has 0 aliphatic rings. The first kappa shape index (κ1) is 13.4. The summed E-state index contributed by atoms with van der Waals surface area (Å²) < 4.78 is 11.7. The van der Waals surface area contributed by atoms with Crippen molar-refractivity contribution in [2.75, 3.05) is 7.11 Å². The van der Waals surface area contributed by atoms with Crippen LogP contribution in [0.25, 0.3) is 0 Å². The Balaban J connectivity index is 4.58. The molecule has 0 heterocycles. The van der Waals surface area contributed by atoms with Gasteiger partial charge in [-0.25, -0.2) is 0 Å². The number of hydrogen-bond donors (Lipinski definition) is 0. The van der Waals surface area contributed by atoms with Crippen molar-refractivity contribution < 1.29 is 8.85 Å². The Hall–Kier alpha value is 0.354. The van der Waals surface area contributed by atoms with Gasteiger partial charge < -0.3 is 8.85 Å². The van der Waals surface area contributed by atoms with E-state index < -0.39 is 16.6 Å². The third kappa shape index (κ3) is 3.93. The first-order valence-corrected chi connectivity index (χ1v) is 11.1. The topological polar surface area (TPSA) is 18.5 Å². The largest absolute Gasteiger partial charge is 0.418 e. The maximum absolute atomic E-state index is 6.16. The van der Waals surface area contributed by atoms with E-state index in [1.807, 2.05) is 0 Å². The monoisotopic (exact) mass is 220 g/mol. The van der Waals surface area contributed by atoms with Crippen molar-refractivity contribution in [1.29, 1.82) is 0 Å². The molecule has 0 spiro atoms. The fraction of sp³-hybridized carbons (Fsp3) is 1.00. The molecule has 13 heavy (non-hydrogen) atoms. The third-order valence-electron chi connectivity index (χ3n) is 2.52. The Bertz CT molecular complexity index is 171. The Kier molecular flexibility index (Phi) is 3.95. The predicted octanol–water partition coefficient (Wildman–Crippen LogP) is 3.01. The van der Waals surface area contributed by atoms with E-state index >= 15 is 0 Å². The molecule has 0 saturated heterocycles. The summed E-state index contributed by atoms with van der Waals surface area (Å²) in [6.45, 7) is 15.4. The van der Waals surface area contributed by atoms with Crippen LogP contribution in [0.4, 0.5) is 0 Å². The summed E-state index contributed by atoms with van der Waals surface area (Å²) in [5, 5.41) is -0.0910. The van der Waals surface area contributed by atoms with E-state index in [1.165, 1.54) is 0 Å². The Morgan fingerprint density at radius 2 is 1.31 bits per heavy atom. The van der Waals surface area contributed by atoms with Gasteiger partial charge in [0.2, 0.25) is 8.32 Å². The zero-order valence-electron chi connectivity index (χ0n) is 10.3. The molecule has 0 aromatic heterocycles. The van der Waals surface area contributed by atoms with Gasteiger partial charge in [0.05, 0.1) is 5.22 Å². The van der Waals surface area contributed by atoms with Crippen LogP contribution in [0.5, 0.6) is 0 Å². The summed E-state index contributed by atoms with van der Waals surface area (Å²) in [7, 11) is -1.37. The second kappa shape index (κ2) is 3.84. The van der Waals surface area contributed by atoms with Gasteiger partial charge in [-0.1, -0.05) is 0 Å². The van der Waals surface area contributed by atoms with E-state index in [0.29, 0.717) is 0 Å². The van der Waals surface area contributed by atoms with Crippen molar-refractivity contribution in [2.45, 2.75) is 51.8 Å². The fourth-order valence-electron chi connectivity index (χ4n) is 1.13. The van der Waals surface area contributed by atoms with Gasteiger partial charge in [0, 0.05) is 7.11 Å². The van der Waals surface area contributed by atoms with E-state index in [2.05, 4.69) is 46.6 Å². The van der Waals surface area contributed by atoms with E-state index in [1.54, 1.807) is 7.11 Å². The highest BCUT2D eigenvalue weighted by molar-refractivity contribution is 6.76. The molecule has 0 aromatic rings. The van der Waals surface area contributed by atoms with Crippen LogP contribution in [0.3, 0.4) is 0 Å². The summed E-state index contributed by atoms with van der Waals surface area (Å²) in [6.07, 6.45) is 0. The van der Waals surface area contributed by atoms with Crippen LogP contribution in [0.2, 0.25) is 32.7 Å². The molecule has 2 nitrogen and oxygen atoms in total. The molecule has 0 aromatic carbocycles. The zero-order valence-corrected chi connectivity index (χ0v) is 12.3. The quantitative estimate of drug-likeness (QED) is 0.678. The first-order valence-electron chi connectivity index (χ1n) is 4.77. The Morgan fingerprint density at radius 1 is 0.923 bits per heavy atom. The summed E-state index contributed by atoms with van der Waals surface area (Å²) in [5.74, 6) is 0. The maximum atomic E-state index is 6.16. The van der Waals surface area contributed by atoms with Crippen molar-refractivity contribution in [3.63, 3.8) is 0 Å². The van der Waals surface area contributed by atoms with E-state index in [9.17, 15) is 0 Å². The van der Waals surface area contributed by atoms with Gasteiger partial charge in [-0.3, -0.25) is 0 Å². The minimum absolute atomic E-state index is 0.0910. The predicted molar refractivity (Wildman–Crippen MR) is 63.0 cm³/mol. The zero-order chi connectivity index (χ0) is 10.9. The lowest BCUT2D eigenvalue weighted by Crippen LogP contribution is -2.57. The minimum Gasteiger partial charge on any atom is -0.418 e. The SMILES string of the molecule is CO[Si](C)(C)C(C)(C)O[Si](C)(C)C. The highest BCUT2D eigenvalue weighted by atomic mass is 28.4. The molecule has 0 atom stereocenters. The van der Waals surface area contributed by atoms with E-state index in [4.69, 9.17) is 8.85 Å². The molecule has 80 valence electrons. The molecule has 0 bridgehead atoms. The van der Waals surface area contributed by atoms with Gasteiger partial charge in [0.25, 0.3) is 0 Å². The van der Waals surface area contributed by atoms with Gasteiger partial charge in [0.15, 0.2) is 8.32 Å². The lowest BCUT2D eigenvalue weighted by Gasteiger charge is -2.42. The summed E-state index contributed by atoms with van der Waals surface area (Å²) in [6, 6.07) is 0. The van der Waals surface area contributed by atoms with Crippen molar-refractivity contribution in [1.82, 2.24) is 0 Å². The third-order valence-corrected chi connectivity index (χ3v) is 7.87. The summed E-state index contributed by atoms with van der Waals surface area (Å²) in [5.41, 5.74) is 0. The lowest BCUT2D eigenvalue weighted by atomic mass is 10.5. The molecular weight excluding hydrogens is 196 g/mol. The highest BCUT2D eigenvalue weighted by Crippen LogP contribution is 2.28. The molecule has 0 rings (SSSR count). The molecule has 0 aliphatic heterocycles. The van der Waals surface area contributed by atoms with Crippen LogP contribution in [0.1, 0.15) is 13.8 Å². The summed E-state index contributed by atoms with van der Waals surface area (Å²) >= 11 is 0. The standard InChI is InChI=1S/C9H24O2Si2/c1-9(2,11-12(4,5)6)13(7,8)10-3/h1-8H3.